The summed E-state index contributed by atoms with van der Waals surface area (Å²) < 4.78 is 23.2. The highest BCUT2D eigenvalue weighted by Gasteiger charge is 2.35. The van der Waals surface area contributed by atoms with Gasteiger partial charge in [0.05, 0.1) is 132 Å². The van der Waals surface area contributed by atoms with E-state index in [0.717, 1.165) is 17.1 Å². The summed E-state index contributed by atoms with van der Waals surface area (Å²) in [5.41, 5.74) is 37.7. The molecule has 0 aliphatic rings. The molecule has 15 aromatic heterocycles. The Balaban J connectivity index is 0.527. The second-order valence-electron chi connectivity index (χ2n) is 38.3. The number of benzene rings is 21. The van der Waals surface area contributed by atoms with E-state index >= 15 is 0 Å². The van der Waals surface area contributed by atoms with Gasteiger partial charge in [-0.3, -0.25) is 0 Å². The lowest BCUT2D eigenvalue weighted by Crippen LogP contribution is -1.94. The summed E-state index contributed by atoms with van der Waals surface area (Å²) in [4.78, 5) is 0. The lowest BCUT2D eigenvalue weighted by molar-refractivity contribution is 1.18. The number of aromatic nitrogens is 9. The minimum absolute atomic E-state index is 1.12. The summed E-state index contributed by atoms with van der Waals surface area (Å²) in [5, 5.41) is 38.2. The van der Waals surface area contributed by atoms with Gasteiger partial charge in [0.15, 0.2) is 0 Å². The summed E-state index contributed by atoms with van der Waals surface area (Å²) in [6, 6.07) is 151. The molecule has 0 aliphatic heterocycles. The van der Waals surface area contributed by atoms with Crippen LogP contribution in [-0.2, 0) is 0 Å². The van der Waals surface area contributed by atoms with E-state index in [9.17, 15) is 0 Å². The molecule has 0 saturated heterocycles. The molecule has 0 amide bonds. The van der Waals surface area contributed by atoms with Crippen LogP contribution in [0.15, 0.2) is 394 Å². The van der Waals surface area contributed by atoms with Gasteiger partial charge in [-0.05, 0) is 174 Å². The van der Waals surface area contributed by atoms with E-state index in [4.69, 9.17) is 0 Å². The van der Waals surface area contributed by atoms with Crippen LogP contribution < -0.4 is 0 Å². The Kier molecular flexibility index (Phi) is 11.7. The van der Waals surface area contributed by atoms with Crippen LogP contribution in [0.4, 0.5) is 0 Å². The van der Waals surface area contributed by atoms with Crippen LogP contribution in [0.5, 0.6) is 0 Å². The van der Waals surface area contributed by atoms with E-state index in [1.807, 2.05) is 0 Å². The van der Waals surface area contributed by atoms with Crippen molar-refractivity contribution in [3.8, 4) is 39.3 Å². The highest BCUT2D eigenvalue weighted by atomic mass is 15.0. The molecular formula is C126H65N9. The van der Waals surface area contributed by atoms with Crippen LogP contribution in [0.3, 0.4) is 0 Å². The molecule has 15 heterocycles. The van der Waals surface area contributed by atoms with Gasteiger partial charge in [0.1, 0.15) is 0 Å². The zero-order valence-corrected chi connectivity index (χ0v) is 72.1. The number of para-hydroxylation sites is 11. The normalized spacial score (nSPS) is 13.2. The topological polar surface area (TPSA) is 41.2 Å². The van der Waals surface area contributed by atoms with Crippen molar-refractivity contribution in [1.82, 2.24) is 40.1 Å². The highest BCUT2D eigenvalue weighted by Crippen LogP contribution is 2.58. The van der Waals surface area contributed by atoms with Gasteiger partial charge in [0, 0.05) is 179 Å². The Morgan fingerprint density at radius 3 is 0.859 bits per heavy atom. The van der Waals surface area contributed by atoms with Crippen LogP contribution in [0.2, 0.25) is 0 Å². The molecule has 0 saturated carbocycles. The zero-order valence-electron chi connectivity index (χ0n) is 72.1. The minimum atomic E-state index is 1.12. The predicted molar refractivity (Wildman–Crippen MR) is 568 cm³/mol. The second kappa shape index (κ2) is 23.2. The lowest BCUT2D eigenvalue weighted by atomic mass is 9.97. The zero-order chi connectivity index (χ0) is 86.4. The van der Waals surface area contributed by atoms with Crippen molar-refractivity contribution in [2.45, 2.75) is 0 Å². The average Bonchev–Trinajstić information content (AvgIpc) is 1.50. The quantitative estimate of drug-likeness (QED) is 0.165. The average molecular weight is 1700 g/mol. The van der Waals surface area contributed by atoms with E-state index in [-0.39, 0.29) is 0 Å². The molecule has 0 atom stereocenters. The third kappa shape index (κ3) is 7.69. The standard InChI is InChI=1S/C126H65N9/c1-2-24-70(25-3-1)128-93-36-14-4-26-73(93)85-60-87-84-58-68(51-57-103(84)135-108-64-89-76-29-7-17-39-96(76)131-99-42-20-12-34-82(99)115(121(89)131)117(108)118(123(85)128)124(87)135)66-46-52-71(53-47-66)127-97-40-18-8-30-78(97)109-105(127)65-92-111-107(133-101-44-22-11-33-81(101)112(109)125(92)133)63-90-77-56-50-69(59-104(77)132-100-43-21-10-32-80(100)114(111)120(90)132)67-48-54-72(55-49-67)129-94-37-15-5-27-74(94)86-61-91-110-106(134-102-45-23-13-35-83(102)116(122(86)129)126(91)134)62-88-75-28-6-16-38-95(75)130-98-41-19-9-31-79(98)113(110)119(88)130/h1-65H. The van der Waals surface area contributed by atoms with Crippen molar-refractivity contribution < 1.29 is 0 Å². The molecule has 21 aromatic carbocycles. The maximum absolute atomic E-state index is 2.63. The van der Waals surface area contributed by atoms with Crippen LogP contribution in [0.25, 0.3) is 333 Å². The third-order valence-electron chi connectivity index (χ3n) is 32.4. The van der Waals surface area contributed by atoms with Crippen LogP contribution in [0, 0.1) is 0 Å². The molecule has 135 heavy (non-hydrogen) atoms. The first-order chi connectivity index (χ1) is 67.1. The largest absolute Gasteiger partial charge is 0.309 e. The molecule has 0 radical (unpaired) electrons. The molecular weight excluding hydrogens is 1640 g/mol. The Hall–Kier alpha value is -18.2. The maximum atomic E-state index is 2.63. The molecule has 9 heteroatoms. The van der Waals surface area contributed by atoms with Crippen molar-refractivity contribution in [2.24, 2.45) is 0 Å². The molecule has 0 aliphatic carbocycles. The highest BCUT2D eigenvalue weighted by molar-refractivity contribution is 6.47. The van der Waals surface area contributed by atoms with Crippen LogP contribution >= 0.6 is 0 Å². The molecule has 0 fully saturated rings. The fourth-order valence-electron chi connectivity index (χ4n) is 27.5. The summed E-state index contributed by atoms with van der Waals surface area (Å²) in [6.07, 6.45) is 0. The second-order valence-corrected chi connectivity index (χ2v) is 38.3. The van der Waals surface area contributed by atoms with Gasteiger partial charge >= 0.3 is 0 Å². The SMILES string of the molecule is c1ccc(-n2c3ccccc3c3cc4c5cc(-c6ccc(-n7c8ccccc8c8c9c%10ccccc%10n%10c%11cc%12c%13ccc(-c%14ccc(-n%15c%16ccccc%16c%16cc%17c%18c%19c%20ccccc%20n%20c%21ccccc%21c(cc%18n%18c%21ccccc%21c(c%16%15)c%17%18)c%19%20)cc%14)cc%13n%13c%14ccccc%14c(c%11c(cc87)c9%10)c%12%13)cc6)ccc5n5c6cc7c8ccccc8n8c9ccccc9c(c6c(c32)c45)c78)cc1. The van der Waals surface area contributed by atoms with Gasteiger partial charge in [0.2, 0.25) is 0 Å². The monoisotopic (exact) mass is 1700 g/mol. The van der Waals surface area contributed by atoms with Gasteiger partial charge in [-0.2, -0.15) is 0 Å². The molecule has 9 nitrogen and oxygen atoms in total. The molecule has 36 rings (SSSR count). The number of fused-ring (bicyclic) bond motifs is 51. The molecule has 0 N–H and O–H groups in total. The summed E-state index contributed by atoms with van der Waals surface area (Å²) >= 11 is 0. The number of hydrogen-bond acceptors (Lipinski definition) is 0. The van der Waals surface area contributed by atoms with Crippen molar-refractivity contribution in [3.05, 3.63) is 394 Å². The van der Waals surface area contributed by atoms with E-state index in [0.29, 0.717) is 0 Å². The first-order valence-electron chi connectivity index (χ1n) is 47.1. The summed E-state index contributed by atoms with van der Waals surface area (Å²) in [5.74, 6) is 0. The van der Waals surface area contributed by atoms with E-state index in [1.165, 1.54) is 316 Å². The Morgan fingerprint density at radius 2 is 0.370 bits per heavy atom. The number of nitrogens with zero attached hydrogens (tertiary/aromatic N) is 9. The maximum Gasteiger partial charge on any atom is 0.0642 e. The number of rotatable bonds is 5. The van der Waals surface area contributed by atoms with Gasteiger partial charge in [-0.1, -0.05) is 243 Å². The van der Waals surface area contributed by atoms with Gasteiger partial charge < -0.3 is 40.1 Å². The third-order valence-corrected chi connectivity index (χ3v) is 32.4. The van der Waals surface area contributed by atoms with Gasteiger partial charge in [-0.15, -0.1) is 0 Å². The summed E-state index contributed by atoms with van der Waals surface area (Å²) in [6.45, 7) is 0. The van der Waals surface area contributed by atoms with Gasteiger partial charge in [0.25, 0.3) is 0 Å². The Labute approximate surface area is 762 Å². The first-order valence-corrected chi connectivity index (χ1v) is 47.1. The Bertz CT molecular complexity index is 11900. The fourth-order valence-corrected chi connectivity index (χ4v) is 27.5. The number of hydrogen-bond donors (Lipinski definition) is 0. The van der Waals surface area contributed by atoms with Crippen molar-refractivity contribution >= 4 is 294 Å². The Morgan fingerprint density at radius 1 is 0.104 bits per heavy atom. The lowest BCUT2D eigenvalue weighted by Gasteiger charge is -2.11. The molecule has 0 spiro atoms. The minimum Gasteiger partial charge on any atom is -0.309 e. The fraction of sp³-hybridized carbons (Fsp3) is 0. The van der Waals surface area contributed by atoms with Crippen LogP contribution in [0.1, 0.15) is 0 Å². The molecule has 0 unspecified atom stereocenters. The predicted octanol–water partition coefficient (Wildman–Crippen LogP) is 33.2. The van der Waals surface area contributed by atoms with Crippen LogP contribution in [-0.4, -0.2) is 40.1 Å². The first kappa shape index (κ1) is 68.0. The molecule has 0 bridgehead atoms. The van der Waals surface area contributed by atoms with Gasteiger partial charge in [-0.25, -0.2) is 0 Å². The van der Waals surface area contributed by atoms with E-state index in [2.05, 4.69) is 434 Å². The molecule has 614 valence electrons. The van der Waals surface area contributed by atoms with E-state index < -0.39 is 0 Å². The van der Waals surface area contributed by atoms with E-state index in [1.54, 1.807) is 0 Å². The van der Waals surface area contributed by atoms with Crippen molar-refractivity contribution in [2.75, 3.05) is 0 Å². The smallest absolute Gasteiger partial charge is 0.0642 e. The van der Waals surface area contributed by atoms with Crippen molar-refractivity contribution in [1.29, 1.82) is 0 Å². The summed E-state index contributed by atoms with van der Waals surface area (Å²) in [7, 11) is 0. The molecule has 36 aromatic rings. The van der Waals surface area contributed by atoms with Crippen molar-refractivity contribution in [3.63, 3.8) is 0 Å².